The molecular formula is C9H7FN4. The summed E-state index contributed by atoms with van der Waals surface area (Å²) in [6.07, 6.45) is 2.74. The van der Waals surface area contributed by atoms with Gasteiger partial charge in [0.15, 0.2) is 0 Å². The van der Waals surface area contributed by atoms with Crippen LogP contribution in [0.4, 0.5) is 10.3 Å². The third kappa shape index (κ3) is 1.82. The predicted molar refractivity (Wildman–Crippen MR) is 50.0 cm³/mol. The van der Waals surface area contributed by atoms with Gasteiger partial charge >= 0.3 is 0 Å². The number of halogens is 1. The van der Waals surface area contributed by atoms with Gasteiger partial charge in [-0.15, -0.1) is 0 Å². The molecular weight excluding hydrogens is 183 g/mol. The Bertz CT molecular complexity index is 436. The van der Waals surface area contributed by atoms with Crippen molar-refractivity contribution >= 4 is 12.2 Å². The van der Waals surface area contributed by atoms with Crippen LogP contribution in [-0.2, 0) is 0 Å². The molecule has 2 rings (SSSR count). The second-order valence-corrected chi connectivity index (χ2v) is 2.59. The Hall–Kier alpha value is -2.04. The molecule has 0 unspecified atom stereocenters. The first kappa shape index (κ1) is 8.55. The van der Waals surface area contributed by atoms with Crippen LogP contribution in [0.2, 0.25) is 0 Å². The van der Waals surface area contributed by atoms with Crippen LogP contribution < -0.4 is 0 Å². The summed E-state index contributed by atoms with van der Waals surface area (Å²) in [5.41, 5.74) is 0.420. The Kier molecular flexibility index (Phi) is 2.31. The zero-order chi connectivity index (χ0) is 9.80. The summed E-state index contributed by atoms with van der Waals surface area (Å²) in [7, 11) is 0. The minimum atomic E-state index is -0.309. The first-order valence-corrected chi connectivity index (χ1v) is 4.00. The van der Waals surface area contributed by atoms with E-state index in [4.69, 9.17) is 0 Å². The maximum absolute atomic E-state index is 13.1. The highest BCUT2D eigenvalue weighted by Gasteiger charge is 1.96. The van der Waals surface area contributed by atoms with E-state index in [9.17, 15) is 4.39 Å². The molecule has 0 saturated carbocycles. The number of hydrogen-bond donors (Lipinski definition) is 1. The molecule has 0 aliphatic carbocycles. The maximum atomic E-state index is 13.1. The summed E-state index contributed by atoms with van der Waals surface area (Å²) >= 11 is 0. The van der Waals surface area contributed by atoms with Gasteiger partial charge in [-0.3, -0.25) is 0 Å². The molecule has 0 bridgehead atoms. The Morgan fingerprint density at radius 2 is 2.21 bits per heavy atom. The number of hydrogen-bond acceptors (Lipinski definition) is 3. The number of H-pyrrole nitrogens is 1. The van der Waals surface area contributed by atoms with Gasteiger partial charge in [0, 0.05) is 11.8 Å². The van der Waals surface area contributed by atoms with Gasteiger partial charge in [0.25, 0.3) is 0 Å². The fourth-order valence-electron chi connectivity index (χ4n) is 0.972. The van der Waals surface area contributed by atoms with E-state index in [1.54, 1.807) is 18.2 Å². The topological polar surface area (TPSA) is 53.9 Å². The van der Waals surface area contributed by atoms with E-state index in [0.717, 1.165) is 0 Å². The van der Waals surface area contributed by atoms with Crippen LogP contribution >= 0.6 is 0 Å². The monoisotopic (exact) mass is 190 g/mol. The minimum absolute atomic E-state index is 0.309. The fraction of sp³-hybridized carbons (Fsp3) is 0. The number of aromatic amines is 1. The maximum Gasteiger partial charge on any atom is 0.245 e. The lowest BCUT2D eigenvalue weighted by Crippen LogP contribution is -1.86. The van der Waals surface area contributed by atoms with E-state index in [2.05, 4.69) is 20.2 Å². The van der Waals surface area contributed by atoms with Crippen LogP contribution in [0.5, 0.6) is 0 Å². The summed E-state index contributed by atoms with van der Waals surface area (Å²) in [4.78, 5) is 7.68. The average Bonchev–Trinajstić information content (AvgIpc) is 2.69. The summed E-state index contributed by atoms with van der Waals surface area (Å²) in [6.45, 7) is 0. The van der Waals surface area contributed by atoms with Gasteiger partial charge in [0.05, 0.1) is 0 Å². The highest BCUT2D eigenvalue weighted by atomic mass is 19.1. The molecule has 1 N–H and O–H groups in total. The first-order chi connectivity index (χ1) is 6.86. The quantitative estimate of drug-likeness (QED) is 0.732. The Labute approximate surface area is 79.5 Å². The van der Waals surface area contributed by atoms with E-state index in [0.29, 0.717) is 11.5 Å². The van der Waals surface area contributed by atoms with E-state index in [1.807, 2.05) is 0 Å². The lowest BCUT2D eigenvalue weighted by molar-refractivity contribution is 0.626. The molecule has 5 heteroatoms. The standard InChI is InChI=1S/C9H7FN4/c10-8-4-2-1-3-7(8)5-11-9-12-6-13-14-9/h1-6H,(H,12,13,14)/b11-5+. The van der Waals surface area contributed by atoms with E-state index in [-0.39, 0.29) is 5.82 Å². The second kappa shape index (κ2) is 3.78. The number of aromatic nitrogens is 3. The average molecular weight is 190 g/mol. The van der Waals surface area contributed by atoms with Gasteiger partial charge in [0.1, 0.15) is 12.1 Å². The van der Waals surface area contributed by atoms with Crippen molar-refractivity contribution in [2.45, 2.75) is 0 Å². The van der Waals surface area contributed by atoms with Crippen molar-refractivity contribution in [2.75, 3.05) is 0 Å². The second-order valence-electron chi connectivity index (χ2n) is 2.59. The first-order valence-electron chi connectivity index (χ1n) is 4.00. The Morgan fingerprint density at radius 1 is 1.36 bits per heavy atom. The summed E-state index contributed by atoms with van der Waals surface area (Å²) in [5.74, 6) is 0.0454. The third-order valence-electron chi connectivity index (χ3n) is 1.63. The van der Waals surface area contributed by atoms with Gasteiger partial charge in [-0.05, 0) is 6.07 Å². The molecule has 0 aliphatic rings. The molecule has 0 saturated heterocycles. The third-order valence-corrected chi connectivity index (χ3v) is 1.63. The Morgan fingerprint density at radius 3 is 2.93 bits per heavy atom. The zero-order valence-corrected chi connectivity index (χ0v) is 7.18. The highest BCUT2D eigenvalue weighted by molar-refractivity contribution is 5.81. The molecule has 14 heavy (non-hydrogen) atoms. The molecule has 1 aromatic carbocycles. The van der Waals surface area contributed by atoms with Crippen LogP contribution in [0.1, 0.15) is 5.56 Å². The number of benzene rings is 1. The molecule has 0 aliphatic heterocycles. The van der Waals surface area contributed by atoms with Gasteiger partial charge in [-0.1, -0.05) is 18.2 Å². The molecule has 0 radical (unpaired) electrons. The molecule has 1 heterocycles. The van der Waals surface area contributed by atoms with E-state index < -0.39 is 0 Å². The van der Waals surface area contributed by atoms with Crippen molar-refractivity contribution in [1.29, 1.82) is 0 Å². The van der Waals surface area contributed by atoms with Crippen LogP contribution in [0.3, 0.4) is 0 Å². The lowest BCUT2D eigenvalue weighted by atomic mass is 10.2. The minimum Gasteiger partial charge on any atom is -0.244 e. The molecule has 0 spiro atoms. The lowest BCUT2D eigenvalue weighted by Gasteiger charge is -1.92. The van der Waals surface area contributed by atoms with Crippen molar-refractivity contribution in [2.24, 2.45) is 4.99 Å². The number of aliphatic imine (C=N–C) groups is 1. The van der Waals surface area contributed by atoms with Crippen LogP contribution in [0, 0.1) is 5.82 Å². The van der Waals surface area contributed by atoms with Gasteiger partial charge in [0.2, 0.25) is 5.95 Å². The van der Waals surface area contributed by atoms with E-state index in [1.165, 1.54) is 18.6 Å². The smallest absolute Gasteiger partial charge is 0.244 e. The number of nitrogens with one attached hydrogen (secondary N) is 1. The summed E-state index contributed by atoms with van der Waals surface area (Å²) in [6, 6.07) is 6.38. The van der Waals surface area contributed by atoms with Crippen molar-refractivity contribution in [1.82, 2.24) is 15.2 Å². The van der Waals surface area contributed by atoms with Gasteiger partial charge in [-0.2, -0.15) is 10.1 Å². The van der Waals surface area contributed by atoms with Crippen molar-refractivity contribution < 1.29 is 4.39 Å². The highest BCUT2D eigenvalue weighted by Crippen LogP contribution is 2.05. The van der Waals surface area contributed by atoms with Crippen molar-refractivity contribution in [3.05, 3.63) is 42.0 Å². The van der Waals surface area contributed by atoms with Gasteiger partial charge in [-0.25, -0.2) is 14.5 Å². The van der Waals surface area contributed by atoms with Crippen LogP contribution in [-0.4, -0.2) is 21.4 Å². The van der Waals surface area contributed by atoms with Gasteiger partial charge < -0.3 is 0 Å². The van der Waals surface area contributed by atoms with E-state index >= 15 is 0 Å². The SMILES string of the molecule is Fc1ccccc1/C=N/c1ncn[nH]1. The Balaban J connectivity index is 2.23. The summed E-state index contributed by atoms with van der Waals surface area (Å²) in [5, 5.41) is 6.16. The fourth-order valence-corrected chi connectivity index (χ4v) is 0.972. The molecule has 4 nitrogen and oxygen atoms in total. The molecule has 1 aromatic heterocycles. The van der Waals surface area contributed by atoms with Crippen molar-refractivity contribution in [3.63, 3.8) is 0 Å². The molecule has 2 aromatic rings. The van der Waals surface area contributed by atoms with Crippen LogP contribution in [0.15, 0.2) is 35.6 Å². The molecule has 70 valence electrons. The predicted octanol–water partition coefficient (Wildman–Crippen LogP) is 1.69. The normalized spacial score (nSPS) is 10.9. The summed E-state index contributed by atoms with van der Waals surface area (Å²) < 4.78 is 13.1. The molecule has 0 amide bonds. The molecule has 0 fully saturated rings. The number of rotatable bonds is 2. The number of nitrogens with zero attached hydrogens (tertiary/aromatic N) is 3. The van der Waals surface area contributed by atoms with Crippen LogP contribution in [0.25, 0.3) is 0 Å². The van der Waals surface area contributed by atoms with Crippen molar-refractivity contribution in [3.8, 4) is 0 Å². The molecule has 0 atom stereocenters. The zero-order valence-electron chi connectivity index (χ0n) is 7.18. The largest absolute Gasteiger partial charge is 0.245 e.